The van der Waals surface area contributed by atoms with Crippen LogP contribution in [0, 0.1) is 5.92 Å². The Kier molecular flexibility index (Phi) is 4.15. The van der Waals surface area contributed by atoms with Crippen LogP contribution in [0.15, 0.2) is 30.3 Å². The molecule has 0 saturated heterocycles. The molecule has 0 heterocycles. The van der Waals surface area contributed by atoms with E-state index < -0.39 is 0 Å². The van der Waals surface area contributed by atoms with Crippen LogP contribution in [0.2, 0.25) is 0 Å². The third kappa shape index (κ3) is 3.30. The molecule has 0 amide bonds. The highest BCUT2D eigenvalue weighted by Crippen LogP contribution is 2.28. The van der Waals surface area contributed by atoms with Crippen molar-refractivity contribution in [2.75, 3.05) is 7.11 Å². The van der Waals surface area contributed by atoms with Crippen molar-refractivity contribution >= 4 is 5.97 Å². The summed E-state index contributed by atoms with van der Waals surface area (Å²) in [5.41, 5.74) is 1.03. The second-order valence-electron chi connectivity index (χ2n) is 4.46. The zero-order chi connectivity index (χ0) is 12.1. The minimum atomic E-state index is -0.0894. The predicted octanol–water partition coefficient (Wildman–Crippen LogP) is 2.54. The van der Waals surface area contributed by atoms with Crippen molar-refractivity contribution in [2.24, 2.45) is 5.92 Å². The molecule has 0 spiro atoms. The van der Waals surface area contributed by atoms with E-state index in [2.05, 4.69) is 0 Å². The summed E-state index contributed by atoms with van der Waals surface area (Å²) in [6.45, 7) is 0.369. The minimum Gasteiger partial charge on any atom is -0.461 e. The highest BCUT2D eigenvalue weighted by atomic mass is 16.5. The Hall–Kier alpha value is -1.35. The molecular weight excluding hydrogens is 216 g/mol. The van der Waals surface area contributed by atoms with Crippen LogP contribution < -0.4 is 0 Å². The topological polar surface area (TPSA) is 35.5 Å². The second-order valence-corrected chi connectivity index (χ2v) is 4.46. The van der Waals surface area contributed by atoms with Gasteiger partial charge in [-0.2, -0.15) is 0 Å². The summed E-state index contributed by atoms with van der Waals surface area (Å²) in [4.78, 5) is 11.8. The number of benzene rings is 1. The van der Waals surface area contributed by atoms with Crippen LogP contribution in [0.4, 0.5) is 0 Å². The molecule has 0 unspecified atom stereocenters. The normalized spacial score (nSPS) is 23.6. The Labute approximate surface area is 102 Å². The number of carbonyl (C=O) groups excluding carboxylic acids is 1. The van der Waals surface area contributed by atoms with Crippen molar-refractivity contribution in [3.63, 3.8) is 0 Å². The lowest BCUT2D eigenvalue weighted by Gasteiger charge is -2.10. The molecule has 0 bridgehead atoms. The number of hydrogen-bond donors (Lipinski definition) is 0. The fraction of sp³-hybridized carbons (Fsp3) is 0.500. The van der Waals surface area contributed by atoms with E-state index in [0.29, 0.717) is 6.61 Å². The van der Waals surface area contributed by atoms with Crippen LogP contribution in [-0.4, -0.2) is 19.2 Å². The third-order valence-corrected chi connectivity index (χ3v) is 3.28. The van der Waals surface area contributed by atoms with Gasteiger partial charge in [-0.05, 0) is 24.8 Å². The summed E-state index contributed by atoms with van der Waals surface area (Å²) >= 11 is 0. The molecule has 0 aromatic heterocycles. The fourth-order valence-electron chi connectivity index (χ4n) is 2.21. The molecule has 1 aromatic carbocycles. The summed E-state index contributed by atoms with van der Waals surface area (Å²) in [7, 11) is 1.70. The number of methoxy groups -OCH3 is 1. The Bertz CT molecular complexity index is 361. The molecule has 3 heteroatoms. The van der Waals surface area contributed by atoms with Crippen LogP contribution in [0.3, 0.4) is 0 Å². The molecule has 0 aliphatic heterocycles. The largest absolute Gasteiger partial charge is 0.461 e. The molecule has 92 valence electrons. The molecule has 3 nitrogen and oxygen atoms in total. The maximum Gasteiger partial charge on any atom is 0.309 e. The Morgan fingerprint density at radius 2 is 2.06 bits per heavy atom. The first-order valence-electron chi connectivity index (χ1n) is 6.03. The molecule has 1 aromatic rings. The molecule has 0 N–H and O–H groups in total. The van der Waals surface area contributed by atoms with E-state index in [1.165, 1.54) is 0 Å². The first kappa shape index (κ1) is 12.1. The maximum absolute atomic E-state index is 11.8. The maximum atomic E-state index is 11.8. The lowest BCUT2D eigenvalue weighted by atomic mass is 10.1. The van der Waals surface area contributed by atoms with Gasteiger partial charge in [0.1, 0.15) is 6.61 Å². The third-order valence-electron chi connectivity index (χ3n) is 3.28. The van der Waals surface area contributed by atoms with E-state index in [0.717, 1.165) is 24.8 Å². The van der Waals surface area contributed by atoms with Crippen molar-refractivity contribution in [2.45, 2.75) is 32.0 Å². The Morgan fingerprint density at radius 1 is 1.29 bits per heavy atom. The minimum absolute atomic E-state index is 0.0173. The van der Waals surface area contributed by atoms with Gasteiger partial charge in [-0.15, -0.1) is 0 Å². The highest BCUT2D eigenvalue weighted by Gasteiger charge is 2.30. The number of carbonyl (C=O) groups is 1. The number of ether oxygens (including phenoxy) is 2. The van der Waals surface area contributed by atoms with Gasteiger partial charge >= 0.3 is 5.97 Å². The summed E-state index contributed by atoms with van der Waals surface area (Å²) < 4.78 is 10.6. The van der Waals surface area contributed by atoms with Crippen molar-refractivity contribution < 1.29 is 14.3 Å². The summed E-state index contributed by atoms with van der Waals surface area (Å²) in [5.74, 6) is -0.0722. The fourth-order valence-corrected chi connectivity index (χ4v) is 2.21. The average molecular weight is 234 g/mol. The van der Waals surface area contributed by atoms with E-state index in [4.69, 9.17) is 9.47 Å². The molecule has 2 rings (SSSR count). The van der Waals surface area contributed by atoms with Crippen LogP contribution >= 0.6 is 0 Å². The molecule has 1 aliphatic carbocycles. The first-order chi connectivity index (χ1) is 8.29. The summed E-state index contributed by atoms with van der Waals surface area (Å²) in [6.07, 6.45) is 2.86. The average Bonchev–Trinajstić information content (AvgIpc) is 2.86. The SMILES string of the molecule is CO[C@H]1CC[C@H](C(=O)OCc2ccccc2)C1. The lowest BCUT2D eigenvalue weighted by Crippen LogP contribution is -2.16. The standard InChI is InChI=1S/C14H18O3/c1-16-13-8-7-12(9-13)14(15)17-10-11-5-3-2-4-6-11/h2-6,12-13H,7-10H2,1H3/t12-,13-/m0/s1. The Balaban J connectivity index is 1.78. The van der Waals surface area contributed by atoms with Crippen molar-refractivity contribution in [3.05, 3.63) is 35.9 Å². The van der Waals surface area contributed by atoms with E-state index in [9.17, 15) is 4.79 Å². The number of rotatable bonds is 4. The van der Waals surface area contributed by atoms with E-state index in [1.54, 1.807) is 7.11 Å². The second kappa shape index (κ2) is 5.82. The van der Waals surface area contributed by atoms with Gasteiger partial charge in [0, 0.05) is 7.11 Å². The van der Waals surface area contributed by atoms with E-state index >= 15 is 0 Å². The first-order valence-corrected chi connectivity index (χ1v) is 6.03. The van der Waals surface area contributed by atoms with Crippen molar-refractivity contribution in [3.8, 4) is 0 Å². The van der Waals surface area contributed by atoms with E-state index in [-0.39, 0.29) is 18.0 Å². The van der Waals surface area contributed by atoms with E-state index in [1.807, 2.05) is 30.3 Å². The molecule has 1 aliphatic rings. The van der Waals surface area contributed by atoms with Gasteiger partial charge in [0.15, 0.2) is 0 Å². The molecule has 0 radical (unpaired) electrons. The van der Waals surface area contributed by atoms with Crippen molar-refractivity contribution in [1.82, 2.24) is 0 Å². The zero-order valence-electron chi connectivity index (χ0n) is 10.1. The summed E-state index contributed by atoms with van der Waals surface area (Å²) in [6, 6.07) is 9.75. The molecule has 1 fully saturated rings. The summed E-state index contributed by atoms with van der Waals surface area (Å²) in [5, 5.41) is 0. The van der Waals surface area contributed by atoms with Gasteiger partial charge in [0.25, 0.3) is 0 Å². The van der Waals surface area contributed by atoms with Gasteiger partial charge in [0.2, 0.25) is 0 Å². The predicted molar refractivity (Wildman–Crippen MR) is 64.4 cm³/mol. The molecular formula is C14H18O3. The van der Waals surface area contributed by atoms with Gasteiger partial charge < -0.3 is 9.47 Å². The highest BCUT2D eigenvalue weighted by molar-refractivity contribution is 5.72. The zero-order valence-corrected chi connectivity index (χ0v) is 10.1. The van der Waals surface area contributed by atoms with Gasteiger partial charge in [-0.1, -0.05) is 30.3 Å². The molecule has 1 saturated carbocycles. The quantitative estimate of drug-likeness (QED) is 0.751. The monoisotopic (exact) mass is 234 g/mol. The van der Waals surface area contributed by atoms with Crippen molar-refractivity contribution in [1.29, 1.82) is 0 Å². The number of esters is 1. The number of hydrogen-bond acceptors (Lipinski definition) is 3. The van der Waals surface area contributed by atoms with Crippen LogP contribution in [0.25, 0.3) is 0 Å². The molecule has 17 heavy (non-hydrogen) atoms. The van der Waals surface area contributed by atoms with Gasteiger partial charge in [-0.3, -0.25) is 4.79 Å². The van der Waals surface area contributed by atoms with Gasteiger partial charge in [0.05, 0.1) is 12.0 Å². The van der Waals surface area contributed by atoms with Crippen LogP contribution in [-0.2, 0) is 20.9 Å². The van der Waals surface area contributed by atoms with Crippen LogP contribution in [0.5, 0.6) is 0 Å². The van der Waals surface area contributed by atoms with Gasteiger partial charge in [-0.25, -0.2) is 0 Å². The molecule has 2 atom stereocenters. The van der Waals surface area contributed by atoms with Crippen LogP contribution in [0.1, 0.15) is 24.8 Å². The smallest absolute Gasteiger partial charge is 0.309 e. The lowest BCUT2D eigenvalue weighted by molar-refractivity contribution is -0.150. The Morgan fingerprint density at radius 3 is 2.71 bits per heavy atom.